The third-order valence-electron chi connectivity index (χ3n) is 4.33. The number of rotatable bonds is 5. The van der Waals surface area contributed by atoms with Crippen molar-refractivity contribution in [2.45, 2.75) is 6.10 Å². The van der Waals surface area contributed by atoms with Crippen LogP contribution in [0.4, 0.5) is 10.5 Å². The summed E-state index contributed by atoms with van der Waals surface area (Å²) in [6.45, 7) is 2.11. The number of nitrogens with one attached hydrogen (secondary N) is 3. The molecule has 2 aliphatic heterocycles. The fourth-order valence-electron chi connectivity index (χ4n) is 2.94. The Hall–Kier alpha value is -2.62. The molecule has 2 aliphatic rings. The number of ether oxygens (including phenoxy) is 1. The molecule has 0 spiro atoms. The quantitative estimate of drug-likeness (QED) is 0.689. The van der Waals surface area contributed by atoms with Gasteiger partial charge in [0.15, 0.2) is 0 Å². The van der Waals surface area contributed by atoms with Crippen LogP contribution in [0.5, 0.6) is 0 Å². The summed E-state index contributed by atoms with van der Waals surface area (Å²) in [6, 6.07) is 10.8. The molecule has 0 bridgehead atoms. The number of hydrogen-bond acceptors (Lipinski definition) is 7. The predicted octanol–water partition coefficient (Wildman–Crippen LogP) is 2.01. The SMILES string of the molecule is O=C(NC[C@H]1CN(c2ccc(C3=NCCNN3)cc2)C(=O)O1)c1ccc(Cl)s1. The van der Waals surface area contributed by atoms with Gasteiger partial charge in [0.25, 0.3) is 5.91 Å². The lowest BCUT2D eigenvalue weighted by Gasteiger charge is -2.17. The Labute approximate surface area is 170 Å². The fraction of sp³-hybridized carbons (Fsp3) is 0.278. The number of amidine groups is 1. The lowest BCUT2D eigenvalue weighted by molar-refractivity contribution is 0.0920. The van der Waals surface area contributed by atoms with Gasteiger partial charge in [-0.1, -0.05) is 11.6 Å². The molecule has 1 aromatic carbocycles. The molecule has 8 nitrogen and oxygen atoms in total. The molecular formula is C18H18ClN5O3S. The molecule has 3 N–H and O–H groups in total. The van der Waals surface area contributed by atoms with Gasteiger partial charge in [0, 0.05) is 17.8 Å². The zero-order chi connectivity index (χ0) is 19.5. The number of nitrogens with zero attached hydrogens (tertiary/aromatic N) is 2. The highest BCUT2D eigenvalue weighted by molar-refractivity contribution is 7.18. The fourth-order valence-corrected chi connectivity index (χ4v) is 3.90. The largest absolute Gasteiger partial charge is 0.442 e. The number of halogens is 1. The Morgan fingerprint density at radius 3 is 2.82 bits per heavy atom. The van der Waals surface area contributed by atoms with Gasteiger partial charge >= 0.3 is 6.09 Å². The molecule has 10 heteroatoms. The second-order valence-corrected chi connectivity index (χ2v) is 7.97. The molecule has 2 aromatic rings. The van der Waals surface area contributed by atoms with Crippen LogP contribution in [-0.2, 0) is 4.74 Å². The van der Waals surface area contributed by atoms with E-state index in [9.17, 15) is 9.59 Å². The lowest BCUT2D eigenvalue weighted by Crippen LogP contribution is -2.43. The highest BCUT2D eigenvalue weighted by Gasteiger charge is 2.32. The summed E-state index contributed by atoms with van der Waals surface area (Å²) >= 11 is 7.05. The van der Waals surface area contributed by atoms with E-state index in [-0.39, 0.29) is 12.5 Å². The summed E-state index contributed by atoms with van der Waals surface area (Å²) in [5.74, 6) is 0.543. The maximum Gasteiger partial charge on any atom is 0.414 e. The van der Waals surface area contributed by atoms with Gasteiger partial charge in [0.05, 0.1) is 28.8 Å². The molecule has 0 saturated carbocycles. The number of benzene rings is 1. The molecule has 4 rings (SSSR count). The van der Waals surface area contributed by atoms with Gasteiger partial charge in [0.2, 0.25) is 0 Å². The van der Waals surface area contributed by atoms with Gasteiger partial charge < -0.3 is 15.5 Å². The average molecular weight is 420 g/mol. The van der Waals surface area contributed by atoms with Gasteiger partial charge in [-0.25, -0.2) is 10.2 Å². The van der Waals surface area contributed by atoms with Crippen molar-refractivity contribution in [3.05, 3.63) is 51.2 Å². The van der Waals surface area contributed by atoms with Crippen molar-refractivity contribution in [2.24, 2.45) is 4.99 Å². The van der Waals surface area contributed by atoms with E-state index in [2.05, 4.69) is 21.2 Å². The zero-order valence-corrected chi connectivity index (χ0v) is 16.3. The lowest BCUT2D eigenvalue weighted by atomic mass is 10.1. The zero-order valence-electron chi connectivity index (χ0n) is 14.8. The predicted molar refractivity (Wildman–Crippen MR) is 108 cm³/mol. The molecular weight excluding hydrogens is 402 g/mol. The maximum atomic E-state index is 12.2. The van der Waals surface area contributed by atoms with Gasteiger partial charge in [0.1, 0.15) is 11.9 Å². The minimum atomic E-state index is -0.430. The number of carbonyl (C=O) groups excluding carboxylic acids is 2. The molecule has 1 saturated heterocycles. The summed E-state index contributed by atoms with van der Waals surface area (Å²) in [5, 5.41) is 2.78. The van der Waals surface area contributed by atoms with Crippen LogP contribution in [0.1, 0.15) is 15.2 Å². The summed E-state index contributed by atoms with van der Waals surface area (Å²) in [7, 11) is 0. The summed E-state index contributed by atoms with van der Waals surface area (Å²) in [4.78, 5) is 30.8. The third kappa shape index (κ3) is 4.11. The topological polar surface area (TPSA) is 95.1 Å². The van der Waals surface area contributed by atoms with Gasteiger partial charge in [-0.05, 0) is 36.4 Å². The van der Waals surface area contributed by atoms with Crippen LogP contribution in [0.15, 0.2) is 41.4 Å². The Morgan fingerprint density at radius 1 is 1.32 bits per heavy atom. The van der Waals surface area contributed by atoms with Crippen LogP contribution in [0.2, 0.25) is 4.34 Å². The second kappa shape index (κ2) is 8.17. The Bertz CT molecular complexity index is 914. The van der Waals surface area contributed by atoms with Crippen molar-refractivity contribution in [1.29, 1.82) is 0 Å². The molecule has 28 heavy (non-hydrogen) atoms. The molecule has 3 heterocycles. The highest BCUT2D eigenvalue weighted by Crippen LogP contribution is 2.23. The first-order valence-electron chi connectivity index (χ1n) is 8.75. The smallest absolute Gasteiger partial charge is 0.414 e. The summed E-state index contributed by atoms with van der Waals surface area (Å²) < 4.78 is 5.92. The number of thiophene rings is 1. The first-order valence-corrected chi connectivity index (χ1v) is 9.95. The number of cyclic esters (lactones) is 1. The van der Waals surface area contributed by atoms with Crippen molar-refractivity contribution in [3.63, 3.8) is 0 Å². The van der Waals surface area contributed by atoms with Crippen LogP contribution in [0.25, 0.3) is 0 Å². The molecule has 1 aromatic heterocycles. The number of hydrazine groups is 1. The normalized spacial score (nSPS) is 19.0. The van der Waals surface area contributed by atoms with Crippen LogP contribution < -0.4 is 21.1 Å². The number of hydrogen-bond donors (Lipinski definition) is 3. The molecule has 0 aliphatic carbocycles. The number of anilines is 1. The van der Waals surface area contributed by atoms with E-state index in [1.165, 1.54) is 11.3 Å². The van der Waals surface area contributed by atoms with Crippen LogP contribution in [-0.4, -0.2) is 50.1 Å². The molecule has 0 radical (unpaired) electrons. The highest BCUT2D eigenvalue weighted by atomic mass is 35.5. The second-order valence-electron chi connectivity index (χ2n) is 6.26. The van der Waals surface area contributed by atoms with E-state index >= 15 is 0 Å². The summed E-state index contributed by atoms with van der Waals surface area (Å²) in [5.41, 5.74) is 7.74. The Balaban J connectivity index is 1.35. The van der Waals surface area contributed by atoms with E-state index < -0.39 is 12.2 Å². The number of amides is 2. The molecule has 1 atom stereocenters. The van der Waals surface area contributed by atoms with Crippen LogP contribution in [0, 0.1) is 0 Å². The van der Waals surface area contributed by atoms with E-state index in [4.69, 9.17) is 16.3 Å². The van der Waals surface area contributed by atoms with Gasteiger partial charge in [-0.3, -0.25) is 14.7 Å². The monoisotopic (exact) mass is 419 g/mol. The van der Waals surface area contributed by atoms with Crippen molar-refractivity contribution in [3.8, 4) is 0 Å². The van der Waals surface area contributed by atoms with Gasteiger partial charge in [-0.15, -0.1) is 11.3 Å². The molecule has 146 valence electrons. The van der Waals surface area contributed by atoms with E-state index in [0.717, 1.165) is 23.6 Å². The molecule has 2 amide bonds. The first kappa shape index (κ1) is 18.7. The van der Waals surface area contributed by atoms with Crippen molar-refractivity contribution in [2.75, 3.05) is 31.1 Å². The Morgan fingerprint density at radius 2 is 2.14 bits per heavy atom. The van der Waals surface area contributed by atoms with E-state index in [1.54, 1.807) is 17.0 Å². The summed E-state index contributed by atoms with van der Waals surface area (Å²) in [6.07, 6.45) is -0.846. The minimum Gasteiger partial charge on any atom is -0.442 e. The molecule has 0 unspecified atom stereocenters. The van der Waals surface area contributed by atoms with Crippen molar-refractivity contribution < 1.29 is 14.3 Å². The average Bonchev–Trinajstić information content (AvgIpc) is 3.32. The van der Waals surface area contributed by atoms with Crippen molar-refractivity contribution in [1.82, 2.24) is 16.2 Å². The first-order chi connectivity index (χ1) is 13.6. The minimum absolute atomic E-state index is 0.231. The van der Waals surface area contributed by atoms with Crippen LogP contribution in [0.3, 0.4) is 0 Å². The molecule has 1 fully saturated rings. The standard InChI is InChI=1S/C18H18ClN5O3S/c19-15-6-5-14(28-15)17(25)21-9-13-10-24(18(26)27-13)12-3-1-11(2-4-12)16-20-7-8-22-23-16/h1-6,13,22H,7-10H2,(H,20,23)(H,21,25)/t13-/m0/s1. The third-order valence-corrected chi connectivity index (χ3v) is 5.56. The Kier molecular flexibility index (Phi) is 5.47. The van der Waals surface area contributed by atoms with E-state index in [1.807, 2.05) is 24.3 Å². The maximum absolute atomic E-state index is 12.2. The number of aliphatic imine (C=N–C) groups is 1. The van der Waals surface area contributed by atoms with Crippen molar-refractivity contribution >= 4 is 46.5 Å². The number of carbonyl (C=O) groups is 2. The van der Waals surface area contributed by atoms with E-state index in [0.29, 0.717) is 22.3 Å². The van der Waals surface area contributed by atoms with Crippen LogP contribution >= 0.6 is 22.9 Å². The van der Waals surface area contributed by atoms with Gasteiger partial charge in [-0.2, -0.15) is 0 Å².